The van der Waals surface area contributed by atoms with Gasteiger partial charge in [0.1, 0.15) is 11.5 Å². The highest BCUT2D eigenvalue weighted by Crippen LogP contribution is 2.19. The minimum absolute atomic E-state index is 0.320. The van der Waals surface area contributed by atoms with Crippen LogP contribution in [0.2, 0.25) is 0 Å². The fourth-order valence-electron chi connectivity index (χ4n) is 2.03. The summed E-state index contributed by atoms with van der Waals surface area (Å²) in [4.78, 5) is 12.0. The van der Waals surface area contributed by atoms with E-state index in [1.54, 1.807) is 38.4 Å². The fourth-order valence-corrected chi connectivity index (χ4v) is 2.03. The van der Waals surface area contributed by atoms with Crippen LogP contribution < -0.4 is 14.9 Å². The number of nitrogens with one attached hydrogen (secondary N) is 1. The van der Waals surface area contributed by atoms with Crippen molar-refractivity contribution in [3.8, 4) is 11.5 Å². The second-order valence-corrected chi connectivity index (χ2v) is 5.27. The molecule has 1 unspecified atom stereocenters. The first-order valence-electron chi connectivity index (χ1n) is 7.85. The van der Waals surface area contributed by atoms with Gasteiger partial charge in [-0.1, -0.05) is 37.3 Å². The van der Waals surface area contributed by atoms with Crippen LogP contribution in [0, 0.1) is 0 Å². The lowest BCUT2D eigenvalue weighted by molar-refractivity contribution is -0.127. The first-order valence-corrected chi connectivity index (χ1v) is 7.85. The maximum absolute atomic E-state index is 12.0. The zero-order valence-electron chi connectivity index (χ0n) is 14.2. The van der Waals surface area contributed by atoms with Crippen LogP contribution in [0.25, 0.3) is 0 Å². The Balaban J connectivity index is 1.87. The summed E-state index contributed by atoms with van der Waals surface area (Å²) in [6.45, 7) is 3.77. The number of amides is 1. The van der Waals surface area contributed by atoms with Crippen molar-refractivity contribution in [2.45, 2.75) is 26.4 Å². The summed E-state index contributed by atoms with van der Waals surface area (Å²) < 4.78 is 10.7. The van der Waals surface area contributed by atoms with E-state index in [4.69, 9.17) is 9.47 Å². The predicted molar refractivity (Wildman–Crippen MR) is 94.6 cm³/mol. The van der Waals surface area contributed by atoms with Crippen LogP contribution in [0.5, 0.6) is 11.5 Å². The molecule has 2 rings (SSSR count). The van der Waals surface area contributed by atoms with E-state index in [1.165, 1.54) is 5.56 Å². The van der Waals surface area contributed by atoms with E-state index >= 15 is 0 Å². The molecule has 0 aromatic heterocycles. The highest BCUT2D eigenvalue weighted by Gasteiger charge is 2.14. The largest absolute Gasteiger partial charge is 0.497 e. The number of aryl methyl sites for hydroxylation is 1. The number of benzene rings is 2. The molecule has 0 saturated carbocycles. The normalized spacial score (nSPS) is 12.0. The van der Waals surface area contributed by atoms with Gasteiger partial charge in [-0.05, 0) is 36.6 Å². The molecule has 126 valence electrons. The van der Waals surface area contributed by atoms with Gasteiger partial charge in [0, 0.05) is 6.07 Å². The molecular formula is C19H22N2O3. The topological polar surface area (TPSA) is 59.9 Å². The number of hydrogen-bond donors (Lipinski definition) is 1. The number of carbonyl (C=O) groups is 1. The molecule has 1 atom stereocenters. The predicted octanol–water partition coefficient (Wildman–Crippen LogP) is 3.18. The number of methoxy groups -OCH3 is 1. The third kappa shape index (κ3) is 5.12. The molecule has 5 nitrogen and oxygen atoms in total. The van der Waals surface area contributed by atoms with Crippen molar-refractivity contribution in [2.75, 3.05) is 7.11 Å². The smallest absolute Gasteiger partial charge is 0.280 e. The maximum atomic E-state index is 12.0. The molecule has 2 aromatic rings. The van der Waals surface area contributed by atoms with Gasteiger partial charge in [0.15, 0.2) is 6.10 Å². The summed E-state index contributed by atoms with van der Waals surface area (Å²) in [5, 5.41) is 3.96. The molecule has 0 spiro atoms. The summed E-state index contributed by atoms with van der Waals surface area (Å²) in [6, 6.07) is 15.1. The molecule has 5 heteroatoms. The van der Waals surface area contributed by atoms with E-state index in [0.717, 1.165) is 12.0 Å². The molecular weight excluding hydrogens is 304 g/mol. The molecule has 0 radical (unpaired) electrons. The summed E-state index contributed by atoms with van der Waals surface area (Å²) in [5.74, 6) is 0.920. The van der Waals surface area contributed by atoms with E-state index in [0.29, 0.717) is 11.5 Å². The van der Waals surface area contributed by atoms with Crippen molar-refractivity contribution < 1.29 is 14.3 Å². The lowest BCUT2D eigenvalue weighted by atomic mass is 10.1. The molecule has 0 aliphatic heterocycles. The van der Waals surface area contributed by atoms with Crippen LogP contribution in [-0.2, 0) is 11.2 Å². The number of ether oxygens (including phenoxy) is 2. The van der Waals surface area contributed by atoms with Crippen molar-refractivity contribution in [1.29, 1.82) is 0 Å². The van der Waals surface area contributed by atoms with Crippen LogP contribution in [0.1, 0.15) is 25.0 Å². The van der Waals surface area contributed by atoms with Crippen LogP contribution in [0.15, 0.2) is 53.6 Å². The van der Waals surface area contributed by atoms with Gasteiger partial charge in [-0.2, -0.15) is 5.10 Å². The molecule has 0 fully saturated rings. The fraction of sp³-hybridized carbons (Fsp3) is 0.263. The lowest BCUT2D eigenvalue weighted by Gasteiger charge is -2.13. The molecule has 1 amide bonds. The third-order valence-corrected chi connectivity index (χ3v) is 3.50. The zero-order chi connectivity index (χ0) is 17.4. The van der Waals surface area contributed by atoms with Crippen molar-refractivity contribution >= 4 is 12.1 Å². The first kappa shape index (κ1) is 17.5. The van der Waals surface area contributed by atoms with Crippen LogP contribution in [0.4, 0.5) is 0 Å². The average Bonchev–Trinajstić information content (AvgIpc) is 2.62. The molecule has 1 N–H and O–H groups in total. The molecule has 0 bridgehead atoms. The van der Waals surface area contributed by atoms with Gasteiger partial charge >= 0.3 is 0 Å². The highest BCUT2D eigenvalue weighted by atomic mass is 16.5. The van der Waals surface area contributed by atoms with Gasteiger partial charge < -0.3 is 9.47 Å². The minimum atomic E-state index is -0.670. The first-order chi connectivity index (χ1) is 11.6. The van der Waals surface area contributed by atoms with E-state index in [9.17, 15) is 4.79 Å². The van der Waals surface area contributed by atoms with Crippen molar-refractivity contribution in [1.82, 2.24) is 5.43 Å². The zero-order valence-corrected chi connectivity index (χ0v) is 14.2. The highest BCUT2D eigenvalue weighted by molar-refractivity contribution is 5.84. The van der Waals surface area contributed by atoms with Gasteiger partial charge in [-0.25, -0.2) is 5.43 Å². The van der Waals surface area contributed by atoms with Crippen molar-refractivity contribution in [2.24, 2.45) is 5.10 Å². The second-order valence-electron chi connectivity index (χ2n) is 5.27. The van der Waals surface area contributed by atoms with E-state index in [1.807, 2.05) is 30.3 Å². The van der Waals surface area contributed by atoms with Gasteiger partial charge in [0.25, 0.3) is 5.91 Å². The Kier molecular flexibility index (Phi) is 6.37. The van der Waals surface area contributed by atoms with E-state index in [2.05, 4.69) is 17.5 Å². The molecule has 24 heavy (non-hydrogen) atoms. The quantitative estimate of drug-likeness (QED) is 0.628. The monoisotopic (exact) mass is 326 g/mol. The number of carbonyl (C=O) groups excluding carboxylic acids is 1. The van der Waals surface area contributed by atoms with Gasteiger partial charge in [0.05, 0.1) is 13.3 Å². The number of nitrogens with zero attached hydrogens (tertiary/aromatic N) is 1. The SMILES string of the molecule is CCc1ccc(/C=N/NC(=O)C(C)Oc2cccc(OC)c2)cc1. The van der Waals surface area contributed by atoms with Gasteiger partial charge in [-0.15, -0.1) is 0 Å². The number of rotatable bonds is 7. The molecule has 0 saturated heterocycles. The molecule has 0 aliphatic carbocycles. The number of hydrazone groups is 1. The van der Waals surface area contributed by atoms with Gasteiger partial charge in [-0.3, -0.25) is 4.79 Å². The molecule has 0 heterocycles. The Morgan fingerprint density at radius 1 is 1.21 bits per heavy atom. The molecule has 2 aromatic carbocycles. The summed E-state index contributed by atoms with van der Waals surface area (Å²) in [6.07, 6.45) is 1.93. The minimum Gasteiger partial charge on any atom is -0.497 e. The third-order valence-electron chi connectivity index (χ3n) is 3.50. The van der Waals surface area contributed by atoms with Crippen LogP contribution in [0.3, 0.4) is 0 Å². The Hall–Kier alpha value is -2.82. The summed E-state index contributed by atoms with van der Waals surface area (Å²) in [5.41, 5.74) is 4.67. The van der Waals surface area contributed by atoms with Crippen molar-refractivity contribution in [3.63, 3.8) is 0 Å². The van der Waals surface area contributed by atoms with E-state index in [-0.39, 0.29) is 5.91 Å². The van der Waals surface area contributed by atoms with Gasteiger partial charge in [0.2, 0.25) is 0 Å². The Morgan fingerprint density at radius 2 is 1.92 bits per heavy atom. The summed E-state index contributed by atoms with van der Waals surface area (Å²) in [7, 11) is 1.58. The standard InChI is InChI=1S/C19H22N2O3/c1-4-15-8-10-16(11-9-15)13-20-21-19(22)14(2)24-18-7-5-6-17(12-18)23-3/h5-14H,4H2,1-3H3,(H,21,22)/b20-13+. The molecule has 0 aliphatic rings. The average molecular weight is 326 g/mol. The Labute approximate surface area is 142 Å². The van der Waals surface area contributed by atoms with Crippen molar-refractivity contribution in [3.05, 3.63) is 59.7 Å². The Morgan fingerprint density at radius 3 is 2.58 bits per heavy atom. The maximum Gasteiger partial charge on any atom is 0.280 e. The van der Waals surface area contributed by atoms with Crippen LogP contribution >= 0.6 is 0 Å². The van der Waals surface area contributed by atoms with E-state index < -0.39 is 6.10 Å². The number of hydrogen-bond acceptors (Lipinski definition) is 4. The second kappa shape index (κ2) is 8.72. The Bertz CT molecular complexity index is 696. The summed E-state index contributed by atoms with van der Waals surface area (Å²) >= 11 is 0. The van der Waals surface area contributed by atoms with Crippen LogP contribution in [-0.4, -0.2) is 25.3 Å². The lowest BCUT2D eigenvalue weighted by Crippen LogP contribution is -2.33.